The number of nitrogens with two attached hydrogens (primary N) is 1. The lowest BCUT2D eigenvalue weighted by Crippen LogP contribution is -2.35. The number of nitrogens with one attached hydrogen (secondary N) is 1. The number of hydrogen-bond donors (Lipinski definition) is 2. The molecule has 0 saturated heterocycles. The number of rotatable bonds is 7. The molecule has 106 valence electrons. The SMILES string of the molecule is C=C(N)NN(C)Cc1cc(OC)c(OC)c(OC)c1. The van der Waals surface area contributed by atoms with Gasteiger partial charge in [-0.15, -0.1) is 0 Å². The molecule has 0 aliphatic heterocycles. The Labute approximate surface area is 113 Å². The molecule has 0 aromatic heterocycles. The van der Waals surface area contributed by atoms with Crippen LogP contribution in [0.2, 0.25) is 0 Å². The zero-order valence-corrected chi connectivity index (χ0v) is 11.8. The molecule has 0 aliphatic carbocycles. The molecule has 0 unspecified atom stereocenters. The summed E-state index contributed by atoms with van der Waals surface area (Å²) in [7, 11) is 6.61. The van der Waals surface area contributed by atoms with Crippen LogP contribution in [-0.2, 0) is 6.54 Å². The lowest BCUT2D eigenvalue weighted by molar-refractivity contribution is 0.253. The Morgan fingerprint density at radius 1 is 1.21 bits per heavy atom. The second kappa shape index (κ2) is 6.75. The highest BCUT2D eigenvalue weighted by atomic mass is 16.5. The van der Waals surface area contributed by atoms with Crippen LogP contribution in [0.1, 0.15) is 5.56 Å². The summed E-state index contributed by atoms with van der Waals surface area (Å²) in [5.41, 5.74) is 9.38. The van der Waals surface area contributed by atoms with E-state index in [1.807, 2.05) is 24.2 Å². The molecular formula is C13H21N3O3. The number of benzene rings is 1. The molecule has 6 nitrogen and oxygen atoms in total. The van der Waals surface area contributed by atoms with E-state index < -0.39 is 0 Å². The maximum absolute atomic E-state index is 5.49. The second-order valence-electron chi connectivity index (χ2n) is 4.03. The molecule has 19 heavy (non-hydrogen) atoms. The summed E-state index contributed by atoms with van der Waals surface area (Å²) in [6, 6.07) is 3.78. The summed E-state index contributed by atoms with van der Waals surface area (Å²) in [4.78, 5) is 0. The van der Waals surface area contributed by atoms with Crippen LogP contribution >= 0.6 is 0 Å². The lowest BCUT2D eigenvalue weighted by atomic mass is 10.1. The van der Waals surface area contributed by atoms with E-state index in [0.717, 1.165) is 5.56 Å². The highest BCUT2D eigenvalue weighted by Crippen LogP contribution is 2.38. The first-order chi connectivity index (χ1) is 9.01. The standard InChI is InChI=1S/C13H21N3O3/c1-9(14)15-16(2)8-10-6-11(17-3)13(19-5)12(7-10)18-4/h6-7,15H,1,8,14H2,2-5H3. The Morgan fingerprint density at radius 3 is 2.11 bits per heavy atom. The largest absolute Gasteiger partial charge is 0.493 e. The van der Waals surface area contributed by atoms with Crippen molar-refractivity contribution in [2.75, 3.05) is 28.4 Å². The van der Waals surface area contributed by atoms with E-state index >= 15 is 0 Å². The highest BCUT2D eigenvalue weighted by Gasteiger charge is 2.13. The van der Waals surface area contributed by atoms with Crippen LogP contribution in [-0.4, -0.2) is 33.4 Å². The number of nitrogens with zero attached hydrogens (tertiary/aromatic N) is 1. The van der Waals surface area contributed by atoms with Gasteiger partial charge in [-0.25, -0.2) is 5.01 Å². The molecule has 1 aromatic carbocycles. The Morgan fingerprint density at radius 2 is 1.74 bits per heavy atom. The average Bonchev–Trinajstić information content (AvgIpc) is 2.36. The van der Waals surface area contributed by atoms with Crippen molar-refractivity contribution in [2.45, 2.75) is 6.54 Å². The number of hydrazine groups is 1. The number of hydrogen-bond acceptors (Lipinski definition) is 6. The number of methoxy groups -OCH3 is 3. The first-order valence-electron chi connectivity index (χ1n) is 5.72. The number of ether oxygens (including phenoxy) is 3. The first-order valence-corrected chi connectivity index (χ1v) is 5.72. The zero-order valence-electron chi connectivity index (χ0n) is 11.8. The van der Waals surface area contributed by atoms with Crippen molar-refractivity contribution in [3.05, 3.63) is 30.1 Å². The summed E-state index contributed by atoms with van der Waals surface area (Å²) in [6.45, 7) is 4.19. The molecule has 1 rings (SSSR count). The van der Waals surface area contributed by atoms with Gasteiger partial charge in [0.05, 0.1) is 21.3 Å². The summed E-state index contributed by atoms with van der Waals surface area (Å²) in [5.74, 6) is 2.20. The monoisotopic (exact) mass is 267 g/mol. The Kier molecular flexibility index (Phi) is 5.32. The van der Waals surface area contributed by atoms with E-state index in [2.05, 4.69) is 12.0 Å². The van der Waals surface area contributed by atoms with E-state index in [4.69, 9.17) is 19.9 Å². The predicted molar refractivity (Wildman–Crippen MR) is 74.0 cm³/mol. The molecule has 0 amide bonds. The summed E-state index contributed by atoms with van der Waals surface area (Å²) >= 11 is 0. The smallest absolute Gasteiger partial charge is 0.203 e. The van der Waals surface area contributed by atoms with Crippen LogP contribution in [0.15, 0.2) is 24.5 Å². The minimum absolute atomic E-state index is 0.384. The fourth-order valence-corrected chi connectivity index (χ4v) is 1.79. The van der Waals surface area contributed by atoms with Crippen LogP contribution in [0, 0.1) is 0 Å². The third-order valence-corrected chi connectivity index (χ3v) is 2.48. The van der Waals surface area contributed by atoms with Gasteiger partial charge in [0.25, 0.3) is 0 Å². The quantitative estimate of drug-likeness (QED) is 0.720. The van der Waals surface area contributed by atoms with Gasteiger partial charge in [-0.1, -0.05) is 6.58 Å². The predicted octanol–water partition coefficient (Wildman–Crippen LogP) is 1.08. The topological polar surface area (TPSA) is 69.0 Å². The van der Waals surface area contributed by atoms with Gasteiger partial charge in [0, 0.05) is 13.6 Å². The van der Waals surface area contributed by atoms with Crippen LogP contribution in [0.4, 0.5) is 0 Å². The van der Waals surface area contributed by atoms with Crippen molar-refractivity contribution in [3.63, 3.8) is 0 Å². The first kappa shape index (κ1) is 15.0. The van der Waals surface area contributed by atoms with Gasteiger partial charge in [-0.2, -0.15) is 0 Å². The molecule has 3 N–H and O–H groups in total. The van der Waals surface area contributed by atoms with Gasteiger partial charge in [0.15, 0.2) is 11.5 Å². The van der Waals surface area contributed by atoms with E-state index in [1.165, 1.54) is 0 Å². The second-order valence-corrected chi connectivity index (χ2v) is 4.03. The molecule has 0 fully saturated rings. The maximum atomic E-state index is 5.49. The van der Waals surface area contributed by atoms with Gasteiger partial charge in [-0.05, 0) is 17.7 Å². The molecule has 0 atom stereocenters. The van der Waals surface area contributed by atoms with Crippen LogP contribution < -0.4 is 25.4 Å². The van der Waals surface area contributed by atoms with Crippen molar-refractivity contribution >= 4 is 0 Å². The Hall–Kier alpha value is -2.08. The van der Waals surface area contributed by atoms with Gasteiger partial charge in [0.2, 0.25) is 5.75 Å². The maximum Gasteiger partial charge on any atom is 0.203 e. The molecule has 0 radical (unpaired) electrons. The molecule has 0 heterocycles. The van der Waals surface area contributed by atoms with E-state index in [9.17, 15) is 0 Å². The molecule has 6 heteroatoms. The molecule has 0 aliphatic rings. The van der Waals surface area contributed by atoms with Gasteiger partial charge in [-0.3, -0.25) is 0 Å². The molecule has 0 bridgehead atoms. The summed E-state index contributed by atoms with van der Waals surface area (Å²) in [5, 5.41) is 1.81. The fourth-order valence-electron chi connectivity index (χ4n) is 1.79. The van der Waals surface area contributed by atoms with Crippen molar-refractivity contribution in [1.29, 1.82) is 0 Å². The highest BCUT2D eigenvalue weighted by molar-refractivity contribution is 5.53. The molecule has 1 aromatic rings. The van der Waals surface area contributed by atoms with Crippen molar-refractivity contribution in [3.8, 4) is 17.2 Å². The third kappa shape index (κ3) is 3.96. The van der Waals surface area contributed by atoms with E-state index in [-0.39, 0.29) is 0 Å². The Balaban J connectivity index is 2.99. The van der Waals surface area contributed by atoms with Crippen molar-refractivity contribution in [1.82, 2.24) is 10.4 Å². The van der Waals surface area contributed by atoms with Crippen LogP contribution in [0.3, 0.4) is 0 Å². The lowest BCUT2D eigenvalue weighted by Gasteiger charge is -2.20. The fraction of sp³-hybridized carbons (Fsp3) is 0.385. The van der Waals surface area contributed by atoms with Gasteiger partial charge >= 0.3 is 0 Å². The van der Waals surface area contributed by atoms with Crippen LogP contribution in [0.5, 0.6) is 17.2 Å². The minimum atomic E-state index is 0.384. The molecule has 0 spiro atoms. The van der Waals surface area contributed by atoms with Crippen molar-refractivity contribution < 1.29 is 14.2 Å². The van der Waals surface area contributed by atoms with E-state index in [1.54, 1.807) is 21.3 Å². The minimum Gasteiger partial charge on any atom is -0.493 e. The molecular weight excluding hydrogens is 246 g/mol. The molecule has 0 saturated carbocycles. The average molecular weight is 267 g/mol. The van der Waals surface area contributed by atoms with E-state index in [0.29, 0.717) is 29.6 Å². The van der Waals surface area contributed by atoms with Crippen molar-refractivity contribution in [2.24, 2.45) is 5.73 Å². The van der Waals surface area contributed by atoms with Gasteiger partial charge in [0.1, 0.15) is 5.82 Å². The van der Waals surface area contributed by atoms with Crippen LogP contribution in [0.25, 0.3) is 0 Å². The van der Waals surface area contributed by atoms with Gasteiger partial charge < -0.3 is 25.4 Å². The Bertz CT molecular complexity index is 424. The summed E-state index contributed by atoms with van der Waals surface area (Å²) < 4.78 is 15.9. The third-order valence-electron chi connectivity index (χ3n) is 2.48. The zero-order chi connectivity index (χ0) is 14.4. The summed E-state index contributed by atoms with van der Waals surface area (Å²) in [6.07, 6.45) is 0. The normalized spacial score (nSPS) is 10.2.